The molecule has 1 unspecified atom stereocenters. The lowest BCUT2D eigenvalue weighted by Gasteiger charge is -2.15. The number of benzene rings is 5. The van der Waals surface area contributed by atoms with Crippen LogP contribution < -0.4 is 10.6 Å². The van der Waals surface area contributed by atoms with Crippen LogP contribution in [0.25, 0.3) is 27.9 Å². The van der Waals surface area contributed by atoms with Gasteiger partial charge in [-0.3, -0.25) is 19.0 Å². The molecule has 0 saturated carbocycles. The molecule has 0 aliphatic carbocycles. The van der Waals surface area contributed by atoms with Crippen molar-refractivity contribution < 1.29 is 18.8 Å². The summed E-state index contributed by atoms with van der Waals surface area (Å²) in [6.07, 6.45) is 1.30. The Labute approximate surface area is 263 Å². The van der Waals surface area contributed by atoms with Crippen LogP contribution in [0.2, 0.25) is 0 Å². The summed E-state index contributed by atoms with van der Waals surface area (Å²) in [4.78, 5) is 41.0. The van der Waals surface area contributed by atoms with E-state index in [1.54, 1.807) is 65.2 Å². The van der Waals surface area contributed by atoms with Crippen molar-refractivity contribution >= 4 is 63.1 Å². The first-order valence-corrected chi connectivity index (χ1v) is 15.2. The second kappa shape index (κ2) is 13.0. The molecule has 0 bridgehead atoms. The van der Waals surface area contributed by atoms with Gasteiger partial charge in [0.25, 0.3) is 11.8 Å². The average molecular weight is 614 g/mol. The smallest absolute Gasteiger partial charge is 0.272 e. The van der Waals surface area contributed by atoms with E-state index in [0.717, 1.165) is 26.7 Å². The predicted molar refractivity (Wildman–Crippen MR) is 179 cm³/mol. The second-order valence-electron chi connectivity index (χ2n) is 10.3. The highest BCUT2D eigenvalue weighted by molar-refractivity contribution is 8.00. The molecular weight excluding hydrogens is 585 g/mol. The molecule has 222 valence electrons. The van der Waals surface area contributed by atoms with Crippen molar-refractivity contribution in [2.75, 3.05) is 5.32 Å². The largest absolute Gasteiger partial charge is 0.321 e. The molecule has 1 atom stereocenters. The van der Waals surface area contributed by atoms with Crippen LogP contribution in [0.5, 0.6) is 0 Å². The topological polar surface area (TPSA) is 80.2 Å². The van der Waals surface area contributed by atoms with Gasteiger partial charge in [-0.05, 0) is 61.5 Å². The molecule has 0 aliphatic rings. The summed E-state index contributed by atoms with van der Waals surface area (Å²) >= 11 is 1.37. The van der Waals surface area contributed by atoms with Crippen LogP contribution in [0.4, 0.5) is 10.1 Å². The maximum atomic E-state index is 14.5. The molecule has 6 nitrogen and oxygen atoms in total. The standard InChI is InChI=1S/C37H28FN3O3S/c1-24(37(44)41-33-20-9-6-17-29(33)30-18-7-10-21-34(30)41)45-28-16-11-15-27(23-28)39-36(43)32(22-26-14-5-8-19-31(26)38)40-35(42)25-12-3-2-4-13-25/h2-24H,1H3,(H,39,43)(H,40,42)/b32-22+. The minimum Gasteiger partial charge on any atom is -0.321 e. The minimum atomic E-state index is -0.626. The van der Waals surface area contributed by atoms with Gasteiger partial charge in [0.2, 0.25) is 5.91 Å². The van der Waals surface area contributed by atoms with Gasteiger partial charge >= 0.3 is 0 Å². The van der Waals surface area contributed by atoms with Crippen molar-refractivity contribution in [1.29, 1.82) is 0 Å². The van der Waals surface area contributed by atoms with Gasteiger partial charge in [-0.15, -0.1) is 11.8 Å². The quantitative estimate of drug-likeness (QED) is 0.134. The molecule has 0 radical (unpaired) electrons. The van der Waals surface area contributed by atoms with Gasteiger partial charge in [0.1, 0.15) is 11.5 Å². The molecule has 5 aromatic carbocycles. The van der Waals surface area contributed by atoms with Crippen molar-refractivity contribution in [3.8, 4) is 0 Å². The predicted octanol–water partition coefficient (Wildman–Crippen LogP) is 8.16. The van der Waals surface area contributed by atoms with Gasteiger partial charge in [0, 0.05) is 32.5 Å². The number of thioether (sulfide) groups is 1. The fourth-order valence-electron chi connectivity index (χ4n) is 5.13. The summed E-state index contributed by atoms with van der Waals surface area (Å²) < 4.78 is 16.3. The van der Waals surface area contributed by atoms with Gasteiger partial charge < -0.3 is 10.6 Å². The van der Waals surface area contributed by atoms with E-state index in [2.05, 4.69) is 10.6 Å². The van der Waals surface area contributed by atoms with Crippen LogP contribution in [0.3, 0.4) is 0 Å². The molecule has 1 heterocycles. The average Bonchev–Trinajstić information content (AvgIpc) is 3.40. The summed E-state index contributed by atoms with van der Waals surface area (Å²) in [6, 6.07) is 37.3. The molecule has 0 fully saturated rings. The van der Waals surface area contributed by atoms with Crippen molar-refractivity contribution in [3.63, 3.8) is 0 Å². The van der Waals surface area contributed by atoms with Gasteiger partial charge in [-0.25, -0.2) is 4.39 Å². The van der Waals surface area contributed by atoms with Crippen LogP contribution >= 0.6 is 11.8 Å². The highest BCUT2D eigenvalue weighted by Gasteiger charge is 2.22. The zero-order chi connectivity index (χ0) is 31.3. The van der Waals surface area contributed by atoms with Crippen LogP contribution in [0, 0.1) is 5.82 Å². The summed E-state index contributed by atoms with van der Waals surface area (Å²) in [7, 11) is 0. The molecule has 0 aliphatic heterocycles. The Kier molecular flexibility index (Phi) is 8.57. The van der Waals surface area contributed by atoms with E-state index < -0.39 is 22.9 Å². The van der Waals surface area contributed by atoms with E-state index in [4.69, 9.17) is 0 Å². The number of hydrogen-bond acceptors (Lipinski definition) is 4. The fraction of sp³-hybridized carbons (Fsp3) is 0.0541. The molecule has 1 aromatic heterocycles. The lowest BCUT2D eigenvalue weighted by molar-refractivity contribution is -0.113. The van der Waals surface area contributed by atoms with E-state index in [9.17, 15) is 18.8 Å². The Hall–Kier alpha value is -5.47. The number of fused-ring (bicyclic) bond motifs is 3. The number of rotatable bonds is 8. The van der Waals surface area contributed by atoms with Crippen LogP contribution in [0.1, 0.15) is 27.6 Å². The highest BCUT2D eigenvalue weighted by Crippen LogP contribution is 2.32. The van der Waals surface area contributed by atoms with Gasteiger partial charge in [-0.2, -0.15) is 0 Å². The molecule has 6 aromatic rings. The molecule has 6 rings (SSSR count). The minimum absolute atomic E-state index is 0.0643. The number of carbonyl (C=O) groups is 3. The van der Waals surface area contributed by atoms with E-state index >= 15 is 0 Å². The van der Waals surface area contributed by atoms with Gasteiger partial charge in [-0.1, -0.05) is 78.9 Å². The summed E-state index contributed by atoms with van der Waals surface area (Å²) in [5, 5.41) is 7.02. The number of halogens is 1. The first kappa shape index (κ1) is 29.6. The lowest BCUT2D eigenvalue weighted by atomic mass is 10.1. The normalized spacial score (nSPS) is 12.2. The van der Waals surface area contributed by atoms with E-state index in [0.29, 0.717) is 11.3 Å². The summed E-state index contributed by atoms with van der Waals surface area (Å²) in [5.41, 5.74) is 2.53. The Morgan fingerprint density at radius 1 is 0.756 bits per heavy atom. The third-order valence-corrected chi connectivity index (χ3v) is 8.37. The Morgan fingerprint density at radius 2 is 1.38 bits per heavy atom. The number of amides is 2. The van der Waals surface area contributed by atoms with E-state index in [1.165, 1.54) is 30.0 Å². The number of anilines is 1. The molecular formula is C37H28FN3O3S. The molecule has 8 heteroatoms. The number of nitrogens with zero attached hydrogens (tertiary/aromatic N) is 1. The first-order valence-electron chi connectivity index (χ1n) is 14.3. The lowest BCUT2D eigenvalue weighted by Crippen LogP contribution is -2.30. The van der Waals surface area contributed by atoms with Crippen molar-refractivity contribution in [2.24, 2.45) is 0 Å². The molecule has 0 spiro atoms. The van der Waals surface area contributed by atoms with Crippen LogP contribution in [0.15, 0.2) is 138 Å². The van der Waals surface area contributed by atoms with Gasteiger partial charge in [0.05, 0.1) is 16.3 Å². The summed E-state index contributed by atoms with van der Waals surface area (Å²) in [6.45, 7) is 1.86. The number of carbonyl (C=O) groups excluding carboxylic acids is 3. The number of nitrogens with one attached hydrogen (secondary N) is 2. The third-order valence-electron chi connectivity index (χ3n) is 7.29. The van der Waals surface area contributed by atoms with Crippen molar-refractivity contribution in [1.82, 2.24) is 9.88 Å². The van der Waals surface area contributed by atoms with Crippen LogP contribution in [-0.4, -0.2) is 27.5 Å². The zero-order valence-corrected chi connectivity index (χ0v) is 25.1. The molecule has 45 heavy (non-hydrogen) atoms. The number of aromatic nitrogens is 1. The summed E-state index contributed by atoms with van der Waals surface area (Å²) in [5.74, 6) is -1.73. The number of hydrogen-bond donors (Lipinski definition) is 2. The second-order valence-corrected chi connectivity index (χ2v) is 11.8. The Morgan fingerprint density at radius 3 is 2.07 bits per heavy atom. The maximum Gasteiger partial charge on any atom is 0.272 e. The maximum absolute atomic E-state index is 14.5. The molecule has 2 amide bonds. The highest BCUT2D eigenvalue weighted by atomic mass is 32.2. The van der Waals surface area contributed by atoms with Crippen molar-refractivity contribution in [3.05, 3.63) is 150 Å². The van der Waals surface area contributed by atoms with Crippen molar-refractivity contribution in [2.45, 2.75) is 17.1 Å². The van der Waals surface area contributed by atoms with Gasteiger partial charge in [0.15, 0.2) is 0 Å². The SMILES string of the molecule is CC(Sc1cccc(NC(=O)/C(=C\c2ccccc2F)NC(=O)c2ccccc2)c1)C(=O)n1c2ccccc2c2ccccc21. The Balaban J connectivity index is 1.23. The number of para-hydroxylation sites is 2. The Bertz CT molecular complexity index is 2030. The fourth-order valence-corrected chi connectivity index (χ4v) is 6.10. The zero-order valence-electron chi connectivity index (χ0n) is 24.2. The molecule has 0 saturated heterocycles. The molecule has 2 N–H and O–H groups in total. The first-order chi connectivity index (χ1) is 21.9. The monoisotopic (exact) mass is 613 g/mol. The van der Waals surface area contributed by atoms with Crippen LogP contribution in [-0.2, 0) is 4.79 Å². The van der Waals surface area contributed by atoms with E-state index in [1.807, 2.05) is 61.5 Å². The third kappa shape index (κ3) is 6.41. The van der Waals surface area contributed by atoms with E-state index in [-0.39, 0.29) is 17.2 Å².